The van der Waals surface area contributed by atoms with Crippen LogP contribution in [0.2, 0.25) is 0 Å². The molecular weight excluding hydrogens is 410 g/mol. The molecule has 0 saturated carbocycles. The minimum Gasteiger partial charge on any atom is -0.361 e. The van der Waals surface area contributed by atoms with Gasteiger partial charge in [-0.1, -0.05) is 42.8 Å². The Kier molecular flexibility index (Phi) is 4.99. The number of allylic oxidation sites excluding steroid dienone is 2. The van der Waals surface area contributed by atoms with Crippen molar-refractivity contribution in [3.63, 3.8) is 0 Å². The molecule has 0 radical (unpaired) electrons. The third-order valence-corrected chi connectivity index (χ3v) is 7.18. The summed E-state index contributed by atoms with van der Waals surface area (Å²) in [4.78, 5) is 29.5. The van der Waals surface area contributed by atoms with Crippen LogP contribution in [0.5, 0.6) is 0 Å². The molecule has 1 atom stereocenters. The number of para-hydroxylation sites is 2. The van der Waals surface area contributed by atoms with Crippen LogP contribution in [0.1, 0.15) is 43.2 Å². The number of carbonyl (C=O) groups excluding carboxylic acids is 2. The monoisotopic (exact) mass is 437 g/mol. The molecule has 3 heterocycles. The molecule has 5 heteroatoms. The normalized spacial score (nSPS) is 19.3. The van der Waals surface area contributed by atoms with Crippen LogP contribution in [0.4, 0.5) is 0 Å². The van der Waals surface area contributed by atoms with Crippen LogP contribution in [0, 0.1) is 0 Å². The zero-order valence-electron chi connectivity index (χ0n) is 18.6. The predicted molar refractivity (Wildman–Crippen MR) is 132 cm³/mol. The number of H-pyrrole nitrogens is 1. The van der Waals surface area contributed by atoms with Crippen molar-refractivity contribution >= 4 is 44.5 Å². The van der Waals surface area contributed by atoms with Gasteiger partial charge in [-0.05, 0) is 37.9 Å². The van der Waals surface area contributed by atoms with Crippen molar-refractivity contribution in [2.45, 2.75) is 44.7 Å². The number of hydrogen-bond acceptors (Lipinski definition) is 3. The van der Waals surface area contributed by atoms with Gasteiger partial charge in [-0.3, -0.25) is 9.59 Å². The molecule has 2 aliphatic rings. The highest BCUT2D eigenvalue weighted by atomic mass is 16.2. The first-order valence-corrected chi connectivity index (χ1v) is 11.9. The second-order valence-electron chi connectivity index (χ2n) is 9.21. The first-order chi connectivity index (χ1) is 16.2. The molecule has 1 unspecified atom stereocenters. The SMILES string of the molecule is O=C1CC(=O)C(c2cn(CCC3CCCCN3)c3ccccc23)=C1c1c[nH]c2ccccc12. The Labute approximate surface area is 192 Å². The number of ketones is 2. The van der Waals surface area contributed by atoms with E-state index < -0.39 is 0 Å². The van der Waals surface area contributed by atoms with E-state index in [1.807, 2.05) is 42.6 Å². The third-order valence-electron chi connectivity index (χ3n) is 7.18. The minimum absolute atomic E-state index is 0.0598. The molecule has 1 fully saturated rings. The number of Topliss-reactive ketones (excluding diaryl/α,β-unsaturated/α-hetero) is 2. The molecular formula is C28H27N3O2. The van der Waals surface area contributed by atoms with Crippen LogP contribution in [0.25, 0.3) is 33.0 Å². The van der Waals surface area contributed by atoms with Crippen molar-refractivity contribution in [1.82, 2.24) is 14.9 Å². The Balaban J connectivity index is 1.48. The molecule has 5 nitrogen and oxygen atoms in total. The number of nitrogens with one attached hydrogen (secondary N) is 2. The molecule has 0 amide bonds. The highest BCUT2D eigenvalue weighted by Gasteiger charge is 2.35. The maximum absolute atomic E-state index is 13.2. The number of fused-ring (bicyclic) bond motifs is 2. The second kappa shape index (κ2) is 8.16. The Morgan fingerprint density at radius 1 is 0.879 bits per heavy atom. The van der Waals surface area contributed by atoms with Crippen LogP contribution in [0.15, 0.2) is 60.9 Å². The fraction of sp³-hybridized carbons (Fsp3) is 0.286. The van der Waals surface area contributed by atoms with Gasteiger partial charge in [-0.25, -0.2) is 0 Å². The van der Waals surface area contributed by atoms with Crippen molar-refractivity contribution in [3.8, 4) is 0 Å². The van der Waals surface area contributed by atoms with Gasteiger partial charge in [-0.2, -0.15) is 0 Å². The van der Waals surface area contributed by atoms with Crippen LogP contribution in [0.3, 0.4) is 0 Å². The molecule has 0 spiro atoms. The summed E-state index contributed by atoms with van der Waals surface area (Å²) in [6.45, 7) is 1.98. The van der Waals surface area contributed by atoms with E-state index in [-0.39, 0.29) is 18.0 Å². The first-order valence-electron chi connectivity index (χ1n) is 11.9. The fourth-order valence-electron chi connectivity index (χ4n) is 5.55. The van der Waals surface area contributed by atoms with E-state index in [1.54, 1.807) is 0 Å². The third kappa shape index (κ3) is 3.44. The topological polar surface area (TPSA) is 66.9 Å². The average Bonchev–Trinajstić information content (AvgIpc) is 3.51. The number of hydrogen-bond donors (Lipinski definition) is 2. The van der Waals surface area contributed by atoms with Gasteiger partial charge in [0.25, 0.3) is 0 Å². The molecule has 33 heavy (non-hydrogen) atoms. The molecule has 1 saturated heterocycles. The van der Waals surface area contributed by atoms with Crippen LogP contribution < -0.4 is 5.32 Å². The van der Waals surface area contributed by atoms with Crippen LogP contribution in [-0.2, 0) is 16.1 Å². The van der Waals surface area contributed by atoms with E-state index in [9.17, 15) is 9.59 Å². The predicted octanol–water partition coefficient (Wildman–Crippen LogP) is 5.11. The number of aromatic amines is 1. The van der Waals surface area contributed by atoms with Gasteiger partial charge in [0.2, 0.25) is 0 Å². The summed E-state index contributed by atoms with van der Waals surface area (Å²) in [7, 11) is 0. The summed E-state index contributed by atoms with van der Waals surface area (Å²) < 4.78 is 2.26. The van der Waals surface area contributed by atoms with Gasteiger partial charge in [0.1, 0.15) is 0 Å². The number of aromatic nitrogens is 2. The highest BCUT2D eigenvalue weighted by Crippen LogP contribution is 2.41. The molecule has 4 aromatic rings. The number of rotatable bonds is 5. The Hall–Kier alpha value is -3.44. The van der Waals surface area contributed by atoms with E-state index in [0.717, 1.165) is 52.4 Å². The van der Waals surface area contributed by atoms with E-state index >= 15 is 0 Å². The van der Waals surface area contributed by atoms with Crippen molar-refractivity contribution < 1.29 is 9.59 Å². The zero-order chi connectivity index (χ0) is 22.4. The maximum Gasteiger partial charge on any atom is 0.172 e. The van der Waals surface area contributed by atoms with Gasteiger partial charge in [0.15, 0.2) is 11.6 Å². The van der Waals surface area contributed by atoms with Crippen LogP contribution in [-0.4, -0.2) is 33.7 Å². The van der Waals surface area contributed by atoms with Crippen LogP contribution >= 0.6 is 0 Å². The zero-order valence-corrected chi connectivity index (χ0v) is 18.6. The fourth-order valence-corrected chi connectivity index (χ4v) is 5.55. The summed E-state index contributed by atoms with van der Waals surface area (Å²) in [6, 6.07) is 16.7. The lowest BCUT2D eigenvalue weighted by atomic mass is 9.95. The van der Waals surface area contributed by atoms with Gasteiger partial charge < -0.3 is 14.9 Å². The van der Waals surface area contributed by atoms with E-state index in [1.165, 1.54) is 19.3 Å². The largest absolute Gasteiger partial charge is 0.361 e. The second-order valence-corrected chi connectivity index (χ2v) is 9.21. The molecule has 1 aliphatic carbocycles. The lowest BCUT2D eigenvalue weighted by Gasteiger charge is -2.23. The molecule has 166 valence electrons. The molecule has 2 aromatic heterocycles. The van der Waals surface area contributed by atoms with E-state index in [2.05, 4.69) is 33.2 Å². The van der Waals surface area contributed by atoms with Crippen molar-refractivity contribution in [1.29, 1.82) is 0 Å². The number of aryl methyl sites for hydroxylation is 1. The summed E-state index contributed by atoms with van der Waals surface area (Å²) >= 11 is 0. The Bertz CT molecular complexity index is 1420. The molecule has 2 N–H and O–H groups in total. The van der Waals surface area contributed by atoms with Gasteiger partial charge in [-0.15, -0.1) is 0 Å². The number of carbonyl (C=O) groups is 2. The van der Waals surface area contributed by atoms with E-state index in [0.29, 0.717) is 17.2 Å². The van der Waals surface area contributed by atoms with E-state index in [4.69, 9.17) is 0 Å². The summed E-state index contributed by atoms with van der Waals surface area (Å²) in [6.07, 6.45) is 8.71. The van der Waals surface area contributed by atoms with Crippen molar-refractivity contribution in [2.24, 2.45) is 0 Å². The quantitative estimate of drug-likeness (QED) is 0.427. The van der Waals surface area contributed by atoms with Crippen molar-refractivity contribution in [3.05, 3.63) is 72.1 Å². The lowest BCUT2D eigenvalue weighted by Crippen LogP contribution is -2.34. The minimum atomic E-state index is -0.0945. The number of nitrogens with zero attached hydrogens (tertiary/aromatic N) is 1. The Morgan fingerprint density at radius 3 is 2.45 bits per heavy atom. The molecule has 6 rings (SSSR count). The highest BCUT2D eigenvalue weighted by molar-refractivity contribution is 6.52. The van der Waals surface area contributed by atoms with Crippen molar-refractivity contribution in [2.75, 3.05) is 6.54 Å². The standard InChI is InChI=1S/C28H27N3O2/c32-25-15-26(33)28(27(25)21-16-30-23-10-3-1-8-19(21)23)22-17-31(24-11-4-2-9-20(22)24)14-12-18-7-5-6-13-29-18/h1-4,8-11,16-18,29-30H,5-7,12-15H2. The summed E-state index contributed by atoms with van der Waals surface area (Å²) in [5.74, 6) is -0.180. The number of piperidine rings is 1. The maximum atomic E-state index is 13.2. The molecule has 0 bridgehead atoms. The summed E-state index contributed by atoms with van der Waals surface area (Å²) in [5, 5.41) is 5.63. The lowest BCUT2D eigenvalue weighted by molar-refractivity contribution is -0.119. The Morgan fingerprint density at radius 2 is 1.64 bits per heavy atom. The van der Waals surface area contributed by atoms with Gasteiger partial charge >= 0.3 is 0 Å². The molecule has 2 aromatic carbocycles. The first kappa shape index (κ1) is 20.2. The average molecular weight is 438 g/mol. The smallest absolute Gasteiger partial charge is 0.172 e. The van der Waals surface area contributed by atoms with Gasteiger partial charge in [0.05, 0.1) is 6.42 Å². The summed E-state index contributed by atoms with van der Waals surface area (Å²) in [5.41, 5.74) is 4.89. The number of benzene rings is 2. The molecule has 1 aliphatic heterocycles. The van der Waals surface area contributed by atoms with Gasteiger partial charge in [0, 0.05) is 69.1 Å².